The average molecular weight is 433 g/mol. The number of aromatic nitrogens is 1. The topological polar surface area (TPSA) is 51.7 Å². The van der Waals surface area contributed by atoms with Gasteiger partial charge in [-0.05, 0) is 36.1 Å². The van der Waals surface area contributed by atoms with Gasteiger partial charge in [-0.15, -0.1) is 0 Å². The molecule has 7 heteroatoms. The van der Waals surface area contributed by atoms with Crippen molar-refractivity contribution in [1.82, 2.24) is 4.98 Å². The maximum Gasteiger partial charge on any atom is 0.272 e. The minimum atomic E-state index is -2.53. The number of hydrogen-bond acceptors (Lipinski definition) is 5. The van der Waals surface area contributed by atoms with E-state index < -0.39 is 13.0 Å². The summed E-state index contributed by atoms with van der Waals surface area (Å²) in [6, 6.07) is 11.5. The van der Waals surface area contributed by atoms with E-state index in [1.165, 1.54) is 0 Å². The van der Waals surface area contributed by atoms with Crippen molar-refractivity contribution in [3.63, 3.8) is 0 Å². The van der Waals surface area contributed by atoms with Gasteiger partial charge in [0.2, 0.25) is 5.88 Å². The van der Waals surface area contributed by atoms with E-state index in [2.05, 4.69) is 16.8 Å². The van der Waals surface area contributed by atoms with Crippen LogP contribution in [-0.4, -0.2) is 43.0 Å². The van der Waals surface area contributed by atoms with Gasteiger partial charge in [0, 0.05) is 43.8 Å². The lowest BCUT2D eigenvalue weighted by atomic mass is 9.94. The molecule has 1 aromatic heterocycles. The molecule has 31 heavy (non-hydrogen) atoms. The van der Waals surface area contributed by atoms with Gasteiger partial charge in [0.1, 0.15) is 17.6 Å². The summed E-state index contributed by atoms with van der Waals surface area (Å²) in [7, 11) is 0. The molecule has 1 aliphatic heterocycles. The minimum absolute atomic E-state index is 0.0352. The van der Waals surface area contributed by atoms with Crippen molar-refractivity contribution in [2.75, 3.05) is 24.6 Å². The molecular weight excluding hydrogens is 402 g/mol. The predicted octanol–water partition coefficient (Wildman–Crippen LogP) is 5.25. The Bertz CT molecular complexity index is 845. The van der Waals surface area contributed by atoms with Crippen LogP contribution >= 0.6 is 0 Å². The summed E-state index contributed by atoms with van der Waals surface area (Å²) >= 11 is 0. The highest BCUT2D eigenvalue weighted by molar-refractivity contribution is 5.79. The third kappa shape index (κ3) is 6.91. The Morgan fingerprint density at radius 3 is 2.74 bits per heavy atom. The van der Waals surface area contributed by atoms with Gasteiger partial charge < -0.3 is 14.4 Å². The molecule has 1 unspecified atom stereocenters. The highest BCUT2D eigenvalue weighted by atomic mass is 19.3. The first-order valence-electron chi connectivity index (χ1n) is 10.8. The van der Waals surface area contributed by atoms with E-state index in [9.17, 15) is 13.6 Å². The Kier molecular flexibility index (Phi) is 8.20. The third-order valence-electron chi connectivity index (χ3n) is 5.40. The molecule has 0 aliphatic carbocycles. The quantitative estimate of drug-likeness (QED) is 0.486. The number of carbonyl (C=O) groups excluding carboxylic acids is 1. The summed E-state index contributed by atoms with van der Waals surface area (Å²) in [5.41, 5.74) is 2.02. The smallest absolute Gasteiger partial charge is 0.272 e. The molecule has 0 amide bonds. The number of carbonyl (C=O) groups is 1. The van der Waals surface area contributed by atoms with E-state index in [1.54, 1.807) is 12.3 Å². The van der Waals surface area contributed by atoms with Gasteiger partial charge in [0.15, 0.2) is 6.61 Å². The van der Waals surface area contributed by atoms with E-state index in [0.29, 0.717) is 25.2 Å². The molecule has 1 fully saturated rings. The summed E-state index contributed by atoms with van der Waals surface area (Å²) < 4.78 is 35.8. The Hall–Kier alpha value is -2.70. The van der Waals surface area contributed by atoms with E-state index >= 15 is 0 Å². The number of anilines is 1. The van der Waals surface area contributed by atoms with Crippen molar-refractivity contribution in [2.45, 2.75) is 58.0 Å². The van der Waals surface area contributed by atoms with Crippen LogP contribution in [0.15, 0.2) is 42.6 Å². The van der Waals surface area contributed by atoms with Crippen LogP contribution < -0.4 is 14.4 Å². The number of ether oxygens (including phenoxy) is 2. The zero-order valence-electron chi connectivity index (χ0n) is 18.1. The van der Waals surface area contributed by atoms with Gasteiger partial charge >= 0.3 is 0 Å². The second-order valence-corrected chi connectivity index (χ2v) is 7.99. The van der Waals surface area contributed by atoms with Gasteiger partial charge in [0.25, 0.3) is 6.43 Å². The Morgan fingerprint density at radius 1 is 1.26 bits per heavy atom. The van der Waals surface area contributed by atoms with Gasteiger partial charge in [0.05, 0.1) is 6.54 Å². The minimum Gasteiger partial charge on any atom is -0.489 e. The molecule has 0 bridgehead atoms. The second-order valence-electron chi connectivity index (χ2n) is 7.99. The van der Waals surface area contributed by atoms with Crippen LogP contribution in [0.2, 0.25) is 0 Å². The maximum atomic E-state index is 12.3. The van der Waals surface area contributed by atoms with Crippen LogP contribution in [0.25, 0.3) is 0 Å². The number of benzene rings is 1. The first-order valence-corrected chi connectivity index (χ1v) is 10.8. The molecule has 168 valence electrons. The van der Waals surface area contributed by atoms with Crippen LogP contribution in [0.1, 0.15) is 51.0 Å². The van der Waals surface area contributed by atoms with E-state index in [1.807, 2.05) is 37.3 Å². The molecule has 0 spiro atoms. The fourth-order valence-corrected chi connectivity index (χ4v) is 3.79. The predicted molar refractivity (Wildman–Crippen MR) is 116 cm³/mol. The Morgan fingerprint density at radius 2 is 2.03 bits per heavy atom. The standard InChI is InChI=1S/C24H30F2N2O3/c1-3-4-20(29)13-17(2)18-5-7-21(8-6-18)31-22-10-12-28(15-22)19-9-11-27-24(14-19)30-16-23(25)26/h5-9,11,14,17,22-23H,3-4,10,12-13,15-16H2,1-2H3/t17-,22?/m1/s1. The number of hydrogen-bond donors (Lipinski definition) is 0. The lowest BCUT2D eigenvalue weighted by molar-refractivity contribution is -0.119. The second kappa shape index (κ2) is 11.1. The highest BCUT2D eigenvalue weighted by Crippen LogP contribution is 2.27. The fraction of sp³-hybridized carbons (Fsp3) is 0.500. The van der Waals surface area contributed by atoms with E-state index in [4.69, 9.17) is 9.47 Å². The van der Waals surface area contributed by atoms with Gasteiger partial charge in [-0.1, -0.05) is 26.0 Å². The highest BCUT2D eigenvalue weighted by Gasteiger charge is 2.25. The van der Waals surface area contributed by atoms with Crippen molar-refractivity contribution in [3.8, 4) is 11.6 Å². The summed E-state index contributed by atoms with van der Waals surface area (Å²) in [6.07, 6.45) is 2.03. The molecule has 5 nitrogen and oxygen atoms in total. The Labute approximate surface area is 182 Å². The number of ketones is 1. The average Bonchev–Trinajstić information content (AvgIpc) is 3.21. The van der Waals surface area contributed by atoms with E-state index in [0.717, 1.165) is 36.4 Å². The van der Waals surface area contributed by atoms with Gasteiger partial charge in [-0.3, -0.25) is 4.79 Å². The van der Waals surface area contributed by atoms with Crippen molar-refractivity contribution in [2.24, 2.45) is 0 Å². The summed E-state index contributed by atoms with van der Waals surface area (Å²) in [5, 5.41) is 0. The zero-order chi connectivity index (χ0) is 22.2. The molecular formula is C24H30F2N2O3. The fourth-order valence-electron chi connectivity index (χ4n) is 3.79. The molecule has 0 radical (unpaired) electrons. The Balaban J connectivity index is 1.52. The molecule has 2 heterocycles. The van der Waals surface area contributed by atoms with Gasteiger partial charge in [-0.2, -0.15) is 0 Å². The lowest BCUT2D eigenvalue weighted by Crippen LogP contribution is -2.24. The molecule has 1 saturated heterocycles. The summed E-state index contributed by atoms with van der Waals surface area (Å²) in [5.74, 6) is 1.51. The van der Waals surface area contributed by atoms with Crippen molar-refractivity contribution >= 4 is 11.5 Å². The first kappa shape index (κ1) is 23.0. The van der Waals surface area contributed by atoms with Crippen LogP contribution in [0, 0.1) is 0 Å². The molecule has 1 aromatic carbocycles. The number of halogens is 2. The first-order chi connectivity index (χ1) is 14.9. The normalized spacial score (nSPS) is 17.1. The molecule has 3 rings (SSSR count). The molecule has 1 aliphatic rings. The van der Waals surface area contributed by atoms with Crippen LogP contribution in [0.4, 0.5) is 14.5 Å². The maximum absolute atomic E-state index is 12.3. The summed E-state index contributed by atoms with van der Waals surface area (Å²) in [6.45, 7) is 4.93. The molecule has 0 saturated carbocycles. The molecule has 2 aromatic rings. The van der Waals surface area contributed by atoms with Crippen molar-refractivity contribution < 1.29 is 23.0 Å². The largest absolute Gasteiger partial charge is 0.489 e. The van der Waals surface area contributed by atoms with Crippen LogP contribution in [-0.2, 0) is 4.79 Å². The number of pyridine rings is 1. The number of rotatable bonds is 11. The lowest BCUT2D eigenvalue weighted by Gasteiger charge is -2.20. The number of Topliss-reactive ketones (excluding diaryl/α,β-unsaturated/α-hetero) is 1. The van der Waals surface area contributed by atoms with Crippen LogP contribution in [0.3, 0.4) is 0 Å². The van der Waals surface area contributed by atoms with Gasteiger partial charge in [-0.25, -0.2) is 13.8 Å². The summed E-state index contributed by atoms with van der Waals surface area (Å²) in [4.78, 5) is 18.0. The third-order valence-corrected chi connectivity index (χ3v) is 5.40. The van der Waals surface area contributed by atoms with Crippen molar-refractivity contribution in [1.29, 1.82) is 0 Å². The van der Waals surface area contributed by atoms with Crippen molar-refractivity contribution in [3.05, 3.63) is 48.2 Å². The number of nitrogens with zero attached hydrogens (tertiary/aromatic N) is 2. The zero-order valence-corrected chi connectivity index (χ0v) is 18.1. The number of alkyl halides is 2. The van der Waals surface area contributed by atoms with Crippen LogP contribution in [0.5, 0.6) is 11.6 Å². The van der Waals surface area contributed by atoms with E-state index in [-0.39, 0.29) is 17.9 Å². The monoisotopic (exact) mass is 432 g/mol. The molecule has 2 atom stereocenters. The molecule has 0 N–H and O–H groups in total. The SMILES string of the molecule is CCCC(=O)C[C@@H](C)c1ccc(OC2CCN(c3ccnc(OCC(F)F)c3)C2)cc1.